The van der Waals surface area contributed by atoms with Gasteiger partial charge in [0.15, 0.2) is 0 Å². The van der Waals surface area contributed by atoms with E-state index < -0.39 is 33.7 Å². The number of hydrogen-bond acceptors (Lipinski definition) is 5. The van der Waals surface area contributed by atoms with Crippen LogP contribution in [-0.4, -0.2) is 40.6 Å². The summed E-state index contributed by atoms with van der Waals surface area (Å²) in [6, 6.07) is 1.36. The van der Waals surface area contributed by atoms with Gasteiger partial charge in [-0.2, -0.15) is 16.2 Å². The van der Waals surface area contributed by atoms with Crippen LogP contribution >= 0.6 is 11.8 Å². The Hall–Kier alpha value is -1.74. The number of nitrogens with zero attached hydrogens (tertiary/aromatic N) is 1. The zero-order chi connectivity index (χ0) is 15.8. The fourth-order valence-corrected chi connectivity index (χ4v) is 2.27. The second-order valence-electron chi connectivity index (χ2n) is 3.96. The van der Waals surface area contributed by atoms with Crippen molar-refractivity contribution in [2.75, 3.05) is 24.7 Å². The first-order valence-corrected chi connectivity index (χ1v) is 7.23. The van der Waals surface area contributed by atoms with Crippen LogP contribution in [0.4, 0.5) is 14.5 Å². The number of hydrogen-bond donors (Lipinski definition) is 2. The molecule has 0 unspecified atom stereocenters. The first-order valence-electron chi connectivity index (χ1n) is 6.08. The first-order chi connectivity index (χ1) is 9.99. The summed E-state index contributed by atoms with van der Waals surface area (Å²) in [5, 5.41) is 21.4. The summed E-state index contributed by atoms with van der Waals surface area (Å²) in [6.45, 7) is 0.236. The van der Waals surface area contributed by atoms with Gasteiger partial charge in [0.1, 0.15) is 11.4 Å². The van der Waals surface area contributed by atoms with E-state index >= 15 is 0 Å². The Labute approximate surface area is 123 Å². The van der Waals surface area contributed by atoms with Crippen molar-refractivity contribution in [3.05, 3.63) is 39.4 Å². The van der Waals surface area contributed by atoms with Crippen LogP contribution in [0.15, 0.2) is 12.1 Å². The summed E-state index contributed by atoms with van der Waals surface area (Å²) in [4.78, 5) is 21.2. The second kappa shape index (κ2) is 8.53. The lowest BCUT2D eigenvalue weighted by atomic mass is 10.1. The van der Waals surface area contributed by atoms with Crippen molar-refractivity contribution in [1.82, 2.24) is 5.32 Å². The summed E-state index contributed by atoms with van der Waals surface area (Å²) in [5.74, 6) is -2.46. The SMILES string of the molecule is O=C(NCCSCCCO)c1c(F)ccc([N+](=O)[O-])c1F. The van der Waals surface area contributed by atoms with Crippen molar-refractivity contribution in [2.45, 2.75) is 6.42 Å². The molecule has 6 nitrogen and oxygen atoms in total. The number of benzene rings is 1. The summed E-state index contributed by atoms with van der Waals surface area (Å²) >= 11 is 1.46. The van der Waals surface area contributed by atoms with Gasteiger partial charge < -0.3 is 10.4 Å². The Bertz CT molecular complexity index is 528. The van der Waals surface area contributed by atoms with Crippen molar-refractivity contribution in [1.29, 1.82) is 0 Å². The fourth-order valence-electron chi connectivity index (χ4n) is 1.48. The van der Waals surface area contributed by atoms with E-state index in [0.717, 1.165) is 0 Å². The number of nitro benzene ring substituents is 1. The number of rotatable bonds is 8. The summed E-state index contributed by atoms with van der Waals surface area (Å²) in [7, 11) is 0. The lowest BCUT2D eigenvalue weighted by Crippen LogP contribution is -2.28. The zero-order valence-corrected chi connectivity index (χ0v) is 11.8. The minimum Gasteiger partial charge on any atom is -0.396 e. The molecule has 0 heterocycles. The van der Waals surface area contributed by atoms with E-state index in [1.807, 2.05) is 0 Å². The molecule has 0 bridgehead atoms. The molecule has 0 aliphatic rings. The van der Waals surface area contributed by atoms with Crippen LogP contribution in [0.25, 0.3) is 0 Å². The Morgan fingerprint density at radius 3 is 2.71 bits per heavy atom. The van der Waals surface area contributed by atoms with E-state index in [0.29, 0.717) is 30.1 Å². The van der Waals surface area contributed by atoms with Crippen LogP contribution in [0.1, 0.15) is 16.8 Å². The third kappa shape index (κ3) is 4.94. The topological polar surface area (TPSA) is 92.5 Å². The van der Waals surface area contributed by atoms with Gasteiger partial charge in [0.2, 0.25) is 5.82 Å². The van der Waals surface area contributed by atoms with Gasteiger partial charge in [-0.3, -0.25) is 14.9 Å². The Morgan fingerprint density at radius 2 is 2.10 bits per heavy atom. The molecule has 1 rings (SSSR count). The van der Waals surface area contributed by atoms with Crippen LogP contribution < -0.4 is 5.32 Å². The molecule has 0 aliphatic heterocycles. The highest BCUT2D eigenvalue weighted by atomic mass is 32.2. The van der Waals surface area contributed by atoms with Crippen molar-refractivity contribution in [2.24, 2.45) is 0 Å². The Balaban J connectivity index is 2.66. The first kappa shape index (κ1) is 17.3. The fraction of sp³-hybridized carbons (Fsp3) is 0.417. The molecular formula is C12H14F2N2O4S. The van der Waals surface area contributed by atoms with Gasteiger partial charge in [-0.15, -0.1) is 0 Å². The van der Waals surface area contributed by atoms with E-state index in [9.17, 15) is 23.7 Å². The molecule has 0 atom stereocenters. The van der Waals surface area contributed by atoms with E-state index in [4.69, 9.17) is 5.11 Å². The van der Waals surface area contributed by atoms with Crippen molar-refractivity contribution >= 4 is 23.4 Å². The maximum absolute atomic E-state index is 13.7. The number of carbonyl (C=O) groups is 1. The highest BCUT2D eigenvalue weighted by Gasteiger charge is 2.25. The van der Waals surface area contributed by atoms with Gasteiger partial charge >= 0.3 is 5.69 Å². The largest absolute Gasteiger partial charge is 0.396 e. The third-order valence-electron chi connectivity index (χ3n) is 2.47. The number of aliphatic hydroxyl groups excluding tert-OH is 1. The predicted molar refractivity (Wildman–Crippen MR) is 74.4 cm³/mol. The summed E-state index contributed by atoms with van der Waals surface area (Å²) in [5.41, 5.74) is -1.90. The monoisotopic (exact) mass is 320 g/mol. The van der Waals surface area contributed by atoms with Gasteiger partial charge in [-0.25, -0.2) is 4.39 Å². The molecule has 0 fully saturated rings. The van der Waals surface area contributed by atoms with Crippen molar-refractivity contribution in [3.63, 3.8) is 0 Å². The lowest BCUT2D eigenvalue weighted by Gasteiger charge is -2.07. The molecule has 0 spiro atoms. The average Bonchev–Trinajstić information content (AvgIpc) is 2.42. The molecule has 9 heteroatoms. The maximum Gasteiger partial charge on any atom is 0.305 e. The maximum atomic E-state index is 13.7. The minimum atomic E-state index is -1.48. The molecular weight excluding hydrogens is 306 g/mol. The van der Waals surface area contributed by atoms with Crippen molar-refractivity contribution in [3.8, 4) is 0 Å². The van der Waals surface area contributed by atoms with E-state index in [-0.39, 0.29) is 13.2 Å². The minimum absolute atomic E-state index is 0.0729. The average molecular weight is 320 g/mol. The quantitative estimate of drug-likeness (QED) is 0.432. The summed E-state index contributed by atoms with van der Waals surface area (Å²) < 4.78 is 27.2. The van der Waals surface area contributed by atoms with E-state index in [1.54, 1.807) is 0 Å². The molecule has 0 saturated heterocycles. The van der Waals surface area contributed by atoms with Crippen LogP contribution in [0, 0.1) is 21.7 Å². The van der Waals surface area contributed by atoms with E-state index in [1.165, 1.54) is 11.8 Å². The highest BCUT2D eigenvalue weighted by molar-refractivity contribution is 7.99. The normalized spacial score (nSPS) is 10.4. The van der Waals surface area contributed by atoms with Gasteiger partial charge in [0, 0.05) is 25.0 Å². The summed E-state index contributed by atoms with van der Waals surface area (Å²) in [6.07, 6.45) is 0.618. The van der Waals surface area contributed by atoms with Gasteiger partial charge in [-0.05, 0) is 18.2 Å². The number of halogens is 2. The molecule has 0 saturated carbocycles. The van der Waals surface area contributed by atoms with Gasteiger partial charge in [0.25, 0.3) is 5.91 Å². The van der Waals surface area contributed by atoms with Gasteiger partial charge in [-0.1, -0.05) is 0 Å². The van der Waals surface area contributed by atoms with Crippen LogP contribution in [0.5, 0.6) is 0 Å². The number of carbonyl (C=O) groups excluding carboxylic acids is 1. The predicted octanol–water partition coefficient (Wildman–Crippen LogP) is 1.72. The highest BCUT2D eigenvalue weighted by Crippen LogP contribution is 2.22. The molecule has 21 heavy (non-hydrogen) atoms. The van der Waals surface area contributed by atoms with Gasteiger partial charge in [0.05, 0.1) is 4.92 Å². The smallest absolute Gasteiger partial charge is 0.305 e. The van der Waals surface area contributed by atoms with Crippen LogP contribution in [-0.2, 0) is 0 Å². The molecule has 1 aromatic carbocycles. The lowest BCUT2D eigenvalue weighted by molar-refractivity contribution is -0.387. The number of amides is 1. The molecule has 116 valence electrons. The Morgan fingerprint density at radius 1 is 1.38 bits per heavy atom. The molecule has 0 radical (unpaired) electrons. The molecule has 0 aliphatic carbocycles. The van der Waals surface area contributed by atoms with E-state index in [2.05, 4.69) is 5.32 Å². The van der Waals surface area contributed by atoms with Crippen LogP contribution in [0.2, 0.25) is 0 Å². The number of nitro groups is 1. The van der Waals surface area contributed by atoms with Crippen molar-refractivity contribution < 1.29 is 23.6 Å². The molecule has 0 aromatic heterocycles. The number of thioether (sulfide) groups is 1. The Kier molecular flexibility index (Phi) is 7.03. The second-order valence-corrected chi connectivity index (χ2v) is 5.18. The molecule has 1 aromatic rings. The number of nitrogens with one attached hydrogen (secondary N) is 1. The standard InChI is InChI=1S/C12H14F2N2O4S/c13-8-2-3-9(16(19)20)11(14)10(8)12(18)15-4-7-21-6-1-5-17/h2-3,17H,1,4-7H2,(H,15,18). The third-order valence-corrected chi connectivity index (χ3v) is 3.54. The van der Waals surface area contributed by atoms with Crippen LogP contribution in [0.3, 0.4) is 0 Å². The molecule has 2 N–H and O–H groups in total. The zero-order valence-electron chi connectivity index (χ0n) is 11.0. The number of aliphatic hydroxyl groups is 1. The molecule has 1 amide bonds.